The summed E-state index contributed by atoms with van der Waals surface area (Å²) in [6.07, 6.45) is 1.47. The quantitative estimate of drug-likeness (QED) is 0.490. The molecule has 2 aromatic carbocycles. The number of sulfonamides is 1. The molecule has 180 valence electrons. The van der Waals surface area contributed by atoms with Gasteiger partial charge in [0.25, 0.3) is 0 Å². The third-order valence-electron chi connectivity index (χ3n) is 5.03. The lowest BCUT2D eigenvalue weighted by molar-refractivity contribution is -0.140. The van der Waals surface area contributed by atoms with Gasteiger partial charge in [-0.2, -0.15) is 0 Å². The molecule has 10 heteroatoms. The van der Waals surface area contributed by atoms with Crippen molar-refractivity contribution in [2.45, 2.75) is 39.3 Å². The normalized spacial score (nSPS) is 12.2. The van der Waals surface area contributed by atoms with Gasteiger partial charge in [-0.15, -0.1) is 0 Å². The van der Waals surface area contributed by atoms with Crippen LogP contribution in [-0.4, -0.2) is 50.5 Å². The monoisotopic (exact) mass is 513 g/mol. The van der Waals surface area contributed by atoms with E-state index in [0.717, 1.165) is 11.8 Å². The van der Waals surface area contributed by atoms with Crippen molar-refractivity contribution in [3.8, 4) is 0 Å². The van der Waals surface area contributed by atoms with Crippen molar-refractivity contribution >= 4 is 50.7 Å². The zero-order valence-corrected chi connectivity index (χ0v) is 21.3. The van der Waals surface area contributed by atoms with Crippen LogP contribution in [0, 0.1) is 0 Å². The number of nitrogens with one attached hydrogen (secondary N) is 1. The van der Waals surface area contributed by atoms with E-state index in [1.54, 1.807) is 49.4 Å². The van der Waals surface area contributed by atoms with Crippen LogP contribution >= 0.6 is 23.2 Å². The topological polar surface area (TPSA) is 86.8 Å². The molecule has 1 atom stereocenters. The molecular formula is C23H29Cl2N3O4S. The van der Waals surface area contributed by atoms with Crippen LogP contribution < -0.4 is 9.62 Å². The van der Waals surface area contributed by atoms with E-state index >= 15 is 0 Å². The highest BCUT2D eigenvalue weighted by Crippen LogP contribution is 2.22. The first-order valence-corrected chi connectivity index (χ1v) is 13.2. The Balaban J connectivity index is 2.14. The van der Waals surface area contributed by atoms with Gasteiger partial charge in [0.2, 0.25) is 21.8 Å². The molecule has 0 spiro atoms. The van der Waals surface area contributed by atoms with Crippen LogP contribution in [0.15, 0.2) is 48.5 Å². The fourth-order valence-electron chi connectivity index (χ4n) is 3.35. The van der Waals surface area contributed by atoms with Gasteiger partial charge in [0.05, 0.1) is 11.9 Å². The van der Waals surface area contributed by atoms with Gasteiger partial charge < -0.3 is 10.2 Å². The molecule has 33 heavy (non-hydrogen) atoms. The third kappa shape index (κ3) is 8.21. The molecule has 2 amide bonds. The van der Waals surface area contributed by atoms with Crippen molar-refractivity contribution in [3.05, 3.63) is 64.1 Å². The summed E-state index contributed by atoms with van der Waals surface area (Å²) >= 11 is 12.0. The lowest BCUT2D eigenvalue weighted by atomic mass is 10.1. The lowest BCUT2D eigenvalue weighted by Gasteiger charge is -2.29. The number of halogens is 2. The fraction of sp³-hybridized carbons (Fsp3) is 0.391. The van der Waals surface area contributed by atoms with Crippen molar-refractivity contribution in [1.82, 2.24) is 10.2 Å². The van der Waals surface area contributed by atoms with Crippen molar-refractivity contribution in [1.29, 1.82) is 0 Å². The molecule has 2 rings (SSSR count). The molecule has 0 fully saturated rings. The molecule has 0 saturated carbocycles. The first-order valence-electron chi connectivity index (χ1n) is 10.6. The van der Waals surface area contributed by atoms with Crippen LogP contribution in [0.2, 0.25) is 10.0 Å². The molecule has 0 bridgehead atoms. The highest BCUT2D eigenvalue weighted by atomic mass is 35.5. The molecule has 0 radical (unpaired) electrons. The van der Waals surface area contributed by atoms with Crippen LogP contribution in [0.3, 0.4) is 0 Å². The molecule has 0 aliphatic carbocycles. The van der Waals surface area contributed by atoms with Crippen LogP contribution in [0.1, 0.15) is 32.3 Å². The molecule has 1 unspecified atom stereocenters. The van der Waals surface area contributed by atoms with E-state index in [9.17, 15) is 18.0 Å². The van der Waals surface area contributed by atoms with Crippen molar-refractivity contribution < 1.29 is 18.0 Å². The Hall–Kier alpha value is -2.29. The second-order valence-electron chi connectivity index (χ2n) is 7.64. The van der Waals surface area contributed by atoms with E-state index < -0.39 is 16.1 Å². The third-order valence-corrected chi connectivity index (χ3v) is 6.71. The summed E-state index contributed by atoms with van der Waals surface area (Å²) in [6, 6.07) is 12.9. The van der Waals surface area contributed by atoms with E-state index in [4.69, 9.17) is 23.2 Å². The molecule has 0 aliphatic rings. The Labute approximate surface area is 205 Å². The standard InChI is InChI=1S/C23H29Cl2N3O4S/c1-4-26-23(30)17(2)27(16-18-7-5-8-20(25)15-18)22(29)9-6-14-28(33(3,31)32)21-12-10-19(24)11-13-21/h5,7-8,10-13,15,17H,4,6,9,14,16H2,1-3H3,(H,26,30). The molecule has 2 aromatic rings. The van der Waals surface area contributed by atoms with Gasteiger partial charge >= 0.3 is 0 Å². The second-order valence-corrected chi connectivity index (χ2v) is 10.4. The maximum atomic E-state index is 13.1. The Kier molecular flexibility index (Phi) is 10.0. The smallest absolute Gasteiger partial charge is 0.242 e. The predicted octanol–water partition coefficient (Wildman–Crippen LogP) is 4.09. The zero-order valence-electron chi connectivity index (χ0n) is 18.9. The number of hydrogen-bond acceptors (Lipinski definition) is 4. The van der Waals surface area contributed by atoms with E-state index in [2.05, 4.69) is 5.32 Å². The maximum Gasteiger partial charge on any atom is 0.242 e. The van der Waals surface area contributed by atoms with Crippen LogP contribution in [-0.2, 0) is 26.2 Å². The van der Waals surface area contributed by atoms with Crippen LogP contribution in [0.5, 0.6) is 0 Å². The minimum atomic E-state index is -3.55. The minimum absolute atomic E-state index is 0.0733. The second kappa shape index (κ2) is 12.3. The number of anilines is 1. The molecule has 1 N–H and O–H groups in total. The highest BCUT2D eigenvalue weighted by molar-refractivity contribution is 7.92. The summed E-state index contributed by atoms with van der Waals surface area (Å²) in [5.41, 5.74) is 1.27. The summed E-state index contributed by atoms with van der Waals surface area (Å²) in [7, 11) is -3.55. The first kappa shape index (κ1) is 27.0. The van der Waals surface area contributed by atoms with Gasteiger partial charge in [-0.3, -0.25) is 13.9 Å². The highest BCUT2D eigenvalue weighted by Gasteiger charge is 2.26. The fourth-order valence-corrected chi connectivity index (χ4v) is 4.65. The first-order chi connectivity index (χ1) is 15.5. The van der Waals surface area contributed by atoms with E-state index in [0.29, 0.717) is 22.3 Å². The molecular weight excluding hydrogens is 485 g/mol. The SMILES string of the molecule is CCNC(=O)C(C)N(Cc1cccc(Cl)c1)C(=O)CCCN(c1ccc(Cl)cc1)S(C)(=O)=O. The zero-order chi connectivity index (χ0) is 24.6. The summed E-state index contributed by atoms with van der Waals surface area (Å²) < 4.78 is 25.8. The number of rotatable bonds is 11. The van der Waals surface area contributed by atoms with Crippen molar-refractivity contribution in [2.75, 3.05) is 23.7 Å². The van der Waals surface area contributed by atoms with Crippen LogP contribution in [0.4, 0.5) is 5.69 Å². The number of benzene rings is 2. The lowest BCUT2D eigenvalue weighted by Crippen LogP contribution is -2.47. The summed E-state index contributed by atoms with van der Waals surface area (Å²) in [5.74, 6) is -0.509. The predicted molar refractivity (Wildman–Crippen MR) is 133 cm³/mol. The van der Waals surface area contributed by atoms with Gasteiger partial charge in [0, 0.05) is 36.1 Å². The average Bonchev–Trinajstić information content (AvgIpc) is 2.74. The Morgan fingerprint density at radius 2 is 1.73 bits per heavy atom. The molecule has 0 saturated heterocycles. The van der Waals surface area contributed by atoms with Crippen molar-refractivity contribution in [3.63, 3.8) is 0 Å². The average molecular weight is 514 g/mol. The number of amides is 2. The number of hydrogen-bond donors (Lipinski definition) is 1. The number of carbonyl (C=O) groups excluding carboxylic acids is 2. The number of likely N-dealkylation sites (N-methyl/N-ethyl adjacent to an activating group) is 1. The Morgan fingerprint density at radius 3 is 2.30 bits per heavy atom. The minimum Gasteiger partial charge on any atom is -0.355 e. The van der Waals surface area contributed by atoms with Crippen LogP contribution in [0.25, 0.3) is 0 Å². The van der Waals surface area contributed by atoms with E-state index in [1.807, 2.05) is 13.0 Å². The summed E-state index contributed by atoms with van der Waals surface area (Å²) in [5, 5.41) is 3.78. The maximum absolute atomic E-state index is 13.1. The van der Waals surface area contributed by atoms with Gasteiger partial charge in [0.1, 0.15) is 6.04 Å². The van der Waals surface area contributed by atoms with Gasteiger partial charge in [0.15, 0.2) is 0 Å². The molecule has 0 aliphatic heterocycles. The Morgan fingerprint density at radius 1 is 1.06 bits per heavy atom. The van der Waals surface area contributed by atoms with E-state index in [-0.39, 0.29) is 37.7 Å². The van der Waals surface area contributed by atoms with Crippen molar-refractivity contribution in [2.24, 2.45) is 0 Å². The summed E-state index contributed by atoms with van der Waals surface area (Å²) in [6.45, 7) is 4.26. The molecule has 0 aromatic heterocycles. The number of carbonyl (C=O) groups is 2. The van der Waals surface area contributed by atoms with Gasteiger partial charge in [-0.05, 0) is 62.2 Å². The van der Waals surface area contributed by atoms with Gasteiger partial charge in [-0.25, -0.2) is 8.42 Å². The van der Waals surface area contributed by atoms with E-state index in [1.165, 1.54) is 9.21 Å². The molecule has 7 nitrogen and oxygen atoms in total. The summed E-state index contributed by atoms with van der Waals surface area (Å²) in [4.78, 5) is 27.1. The number of nitrogens with zero attached hydrogens (tertiary/aromatic N) is 2. The largest absolute Gasteiger partial charge is 0.355 e. The van der Waals surface area contributed by atoms with Gasteiger partial charge in [-0.1, -0.05) is 35.3 Å². The Bertz CT molecular complexity index is 1060. The molecule has 0 heterocycles.